The molecule has 0 aromatic carbocycles. The third-order valence-corrected chi connectivity index (χ3v) is 6.84. The molecule has 1 saturated heterocycles. The molecule has 0 N–H and O–H groups in total. The Bertz CT molecular complexity index is 1340. The lowest BCUT2D eigenvalue weighted by atomic mass is 10.2. The zero-order valence-corrected chi connectivity index (χ0v) is 19.7. The van der Waals surface area contributed by atoms with Crippen molar-refractivity contribution >= 4 is 23.1 Å². The maximum atomic E-state index is 13.2. The number of hydrogen-bond donors (Lipinski definition) is 0. The van der Waals surface area contributed by atoms with Crippen LogP contribution in [-0.4, -0.2) is 66.5 Å². The van der Waals surface area contributed by atoms with Crippen molar-refractivity contribution in [2.45, 2.75) is 19.9 Å². The number of rotatable bonds is 5. The molecule has 10 nitrogen and oxygen atoms in total. The Kier molecular flexibility index (Phi) is 5.93. The number of carbonyl (C=O) groups excluding carboxylic acids is 1. The molecule has 5 heterocycles. The van der Waals surface area contributed by atoms with E-state index in [1.165, 1.54) is 10.7 Å². The van der Waals surface area contributed by atoms with Gasteiger partial charge in [0.05, 0.1) is 4.88 Å². The quantitative estimate of drug-likeness (QED) is 0.435. The predicted molar refractivity (Wildman–Crippen MR) is 129 cm³/mol. The van der Waals surface area contributed by atoms with E-state index in [0.717, 1.165) is 16.5 Å². The topological polar surface area (TPSA) is 102 Å². The zero-order chi connectivity index (χ0) is 23.7. The number of imidazole rings is 1. The van der Waals surface area contributed by atoms with Crippen molar-refractivity contribution in [3.8, 4) is 16.4 Å². The van der Waals surface area contributed by atoms with Crippen molar-refractivity contribution < 1.29 is 4.79 Å². The van der Waals surface area contributed by atoms with Gasteiger partial charge in [0.25, 0.3) is 5.56 Å². The van der Waals surface area contributed by atoms with Crippen molar-refractivity contribution in [1.29, 1.82) is 0 Å². The van der Waals surface area contributed by atoms with Gasteiger partial charge in [-0.25, -0.2) is 9.67 Å². The van der Waals surface area contributed by atoms with E-state index in [4.69, 9.17) is 0 Å². The minimum absolute atomic E-state index is 0.116. The fourth-order valence-corrected chi connectivity index (χ4v) is 4.71. The van der Waals surface area contributed by atoms with Gasteiger partial charge in [-0.15, -0.1) is 21.5 Å². The molecule has 1 atom stereocenters. The number of thiophene rings is 1. The van der Waals surface area contributed by atoms with Gasteiger partial charge in [-0.3, -0.25) is 14.2 Å². The van der Waals surface area contributed by atoms with Crippen molar-refractivity contribution in [1.82, 2.24) is 34.4 Å². The zero-order valence-electron chi connectivity index (χ0n) is 18.9. The molecule has 0 bridgehead atoms. The smallest absolute Gasteiger partial charge is 0.267 e. The van der Waals surface area contributed by atoms with E-state index >= 15 is 0 Å². The van der Waals surface area contributed by atoms with Crippen LogP contribution in [0.25, 0.3) is 16.4 Å². The summed E-state index contributed by atoms with van der Waals surface area (Å²) < 4.78 is 3.16. The van der Waals surface area contributed by atoms with Gasteiger partial charge < -0.3 is 9.80 Å². The maximum absolute atomic E-state index is 13.2. The third kappa shape index (κ3) is 4.21. The summed E-state index contributed by atoms with van der Waals surface area (Å²) in [5.41, 5.74) is 0.398. The van der Waals surface area contributed by atoms with Crippen LogP contribution in [-0.2, 0) is 4.79 Å². The number of nitrogens with zero attached hydrogens (tertiary/aromatic N) is 8. The summed E-state index contributed by atoms with van der Waals surface area (Å²) in [6.45, 7) is 5.97. The van der Waals surface area contributed by atoms with E-state index in [9.17, 15) is 9.59 Å². The number of piperazine rings is 1. The average molecular weight is 477 g/mol. The van der Waals surface area contributed by atoms with Crippen LogP contribution in [0.1, 0.15) is 18.8 Å². The normalized spacial score (nSPS) is 14.9. The number of hydrogen-bond acceptors (Lipinski definition) is 8. The van der Waals surface area contributed by atoms with Gasteiger partial charge in [0, 0.05) is 44.6 Å². The molecule has 1 aliphatic rings. The van der Waals surface area contributed by atoms with Gasteiger partial charge >= 0.3 is 0 Å². The molecule has 5 rings (SSSR count). The van der Waals surface area contributed by atoms with Crippen molar-refractivity contribution in [3.05, 3.63) is 70.4 Å². The van der Waals surface area contributed by atoms with Gasteiger partial charge in [0.1, 0.15) is 17.6 Å². The lowest BCUT2D eigenvalue weighted by Crippen LogP contribution is -2.51. The molecule has 4 aromatic heterocycles. The molecule has 1 amide bonds. The van der Waals surface area contributed by atoms with E-state index in [1.807, 2.05) is 47.3 Å². The largest absolute Gasteiger partial charge is 0.352 e. The van der Waals surface area contributed by atoms with Crippen LogP contribution in [0.5, 0.6) is 0 Å². The van der Waals surface area contributed by atoms with Crippen LogP contribution in [0, 0.1) is 6.92 Å². The van der Waals surface area contributed by atoms with E-state index in [0.29, 0.717) is 37.7 Å². The number of anilines is 1. The number of aromatic nitrogens is 6. The second-order valence-electron chi connectivity index (χ2n) is 8.06. The summed E-state index contributed by atoms with van der Waals surface area (Å²) in [4.78, 5) is 34.7. The van der Waals surface area contributed by atoms with Crippen molar-refractivity contribution in [2.75, 3.05) is 31.1 Å². The minimum Gasteiger partial charge on any atom is -0.352 e. The van der Waals surface area contributed by atoms with Gasteiger partial charge in [-0.1, -0.05) is 6.07 Å². The first-order chi connectivity index (χ1) is 16.5. The lowest BCUT2D eigenvalue weighted by molar-refractivity contribution is -0.135. The standard InChI is InChI=1S/C23H24N8O2S/c1-16(31-22(32)8-5-18(27-31)19-4-3-15-34-19)23(33)29-13-11-28(12-14-29)20-6-7-21(26-25-20)30-10-9-24-17(30)2/h3-10,15-16H,11-14H2,1-2H3. The Morgan fingerprint density at radius 3 is 2.44 bits per heavy atom. The first kappa shape index (κ1) is 22.0. The molecule has 4 aromatic rings. The highest BCUT2D eigenvalue weighted by molar-refractivity contribution is 7.13. The van der Waals surface area contributed by atoms with Gasteiger partial charge in [-0.2, -0.15) is 5.10 Å². The fourth-order valence-electron chi connectivity index (χ4n) is 4.02. The molecule has 174 valence electrons. The summed E-state index contributed by atoms with van der Waals surface area (Å²) >= 11 is 1.54. The second kappa shape index (κ2) is 9.18. The van der Waals surface area contributed by atoms with Crippen LogP contribution < -0.4 is 10.5 Å². The predicted octanol–water partition coefficient (Wildman–Crippen LogP) is 2.17. The lowest BCUT2D eigenvalue weighted by Gasteiger charge is -2.36. The SMILES string of the molecule is Cc1nccn1-c1ccc(N2CCN(C(=O)C(C)n3nc(-c4cccs4)ccc3=O)CC2)nn1. The summed E-state index contributed by atoms with van der Waals surface area (Å²) in [7, 11) is 0. The van der Waals surface area contributed by atoms with Crippen molar-refractivity contribution in [2.24, 2.45) is 0 Å². The van der Waals surface area contributed by atoms with Crippen molar-refractivity contribution in [3.63, 3.8) is 0 Å². The van der Waals surface area contributed by atoms with E-state index < -0.39 is 6.04 Å². The Morgan fingerprint density at radius 2 is 1.79 bits per heavy atom. The third-order valence-electron chi connectivity index (χ3n) is 5.95. The van der Waals surface area contributed by atoms with Gasteiger partial charge in [0.15, 0.2) is 11.6 Å². The van der Waals surface area contributed by atoms with Gasteiger partial charge in [-0.05, 0) is 43.5 Å². The molecule has 1 fully saturated rings. The summed E-state index contributed by atoms with van der Waals surface area (Å²) in [6, 6.07) is 10.2. The van der Waals surface area contributed by atoms with Crippen LogP contribution in [0.3, 0.4) is 0 Å². The molecule has 1 aliphatic heterocycles. The highest BCUT2D eigenvalue weighted by Crippen LogP contribution is 2.22. The number of aryl methyl sites for hydroxylation is 1. The molecule has 34 heavy (non-hydrogen) atoms. The maximum Gasteiger partial charge on any atom is 0.267 e. The van der Waals surface area contributed by atoms with Crippen LogP contribution in [0.15, 0.2) is 59.0 Å². The summed E-state index contributed by atoms with van der Waals surface area (Å²) in [5.74, 6) is 2.21. The Balaban J connectivity index is 1.24. The molecule has 0 spiro atoms. The molecular weight excluding hydrogens is 452 g/mol. The molecule has 0 aliphatic carbocycles. The van der Waals surface area contributed by atoms with E-state index in [-0.39, 0.29) is 11.5 Å². The molecular formula is C23H24N8O2S. The Hall–Kier alpha value is -3.86. The molecule has 11 heteroatoms. The highest BCUT2D eigenvalue weighted by atomic mass is 32.1. The molecule has 0 saturated carbocycles. The minimum atomic E-state index is -0.684. The van der Waals surface area contributed by atoms with E-state index in [1.54, 1.807) is 35.4 Å². The summed E-state index contributed by atoms with van der Waals surface area (Å²) in [5, 5.41) is 15.1. The van der Waals surface area contributed by atoms with Gasteiger partial charge in [0.2, 0.25) is 5.91 Å². The highest BCUT2D eigenvalue weighted by Gasteiger charge is 2.28. The van der Waals surface area contributed by atoms with Crippen LogP contribution in [0.2, 0.25) is 0 Å². The fraction of sp³-hybridized carbons (Fsp3) is 0.304. The number of amides is 1. The first-order valence-corrected chi connectivity index (χ1v) is 11.9. The molecule has 0 radical (unpaired) electrons. The average Bonchev–Trinajstić information content (AvgIpc) is 3.56. The Morgan fingerprint density at radius 1 is 1.03 bits per heavy atom. The van der Waals surface area contributed by atoms with E-state index in [2.05, 4.69) is 25.2 Å². The Labute approximate surface area is 200 Å². The monoisotopic (exact) mass is 476 g/mol. The van der Waals surface area contributed by atoms with Crippen LogP contribution in [0.4, 0.5) is 5.82 Å². The number of carbonyl (C=O) groups is 1. The molecule has 1 unspecified atom stereocenters. The van der Waals surface area contributed by atoms with Crippen LogP contribution >= 0.6 is 11.3 Å². The second-order valence-corrected chi connectivity index (χ2v) is 9.01. The first-order valence-electron chi connectivity index (χ1n) is 11.0. The summed E-state index contributed by atoms with van der Waals surface area (Å²) in [6.07, 6.45) is 3.57.